The molecule has 0 aliphatic heterocycles. The highest BCUT2D eigenvalue weighted by Gasteiger charge is 2.14. The first-order chi connectivity index (χ1) is 7.70. The molecule has 0 amide bonds. The van der Waals surface area contributed by atoms with Crippen molar-refractivity contribution in [3.8, 4) is 11.6 Å². The minimum atomic E-state index is -0.743. The largest absolute Gasteiger partial charge is 0.385 e. The fourth-order valence-corrected chi connectivity index (χ4v) is 1.23. The Hall–Kier alpha value is -1.95. The molecule has 0 fully saturated rings. The molecule has 2 aromatic heterocycles. The Bertz CT molecular complexity index is 532. The Morgan fingerprint density at radius 1 is 1.56 bits per heavy atom. The van der Waals surface area contributed by atoms with Gasteiger partial charge in [-0.15, -0.1) is 0 Å². The molecule has 16 heavy (non-hydrogen) atoms. The molecule has 0 aliphatic carbocycles. The zero-order valence-electron chi connectivity index (χ0n) is 8.67. The van der Waals surface area contributed by atoms with Crippen molar-refractivity contribution in [2.24, 2.45) is 0 Å². The van der Waals surface area contributed by atoms with Crippen molar-refractivity contribution >= 4 is 0 Å². The quantitative estimate of drug-likeness (QED) is 0.802. The van der Waals surface area contributed by atoms with Crippen LogP contribution < -0.4 is 5.56 Å². The summed E-state index contributed by atoms with van der Waals surface area (Å²) >= 11 is 0. The van der Waals surface area contributed by atoms with Gasteiger partial charge in [0.25, 0.3) is 5.89 Å². The molecule has 2 rings (SSSR count). The highest BCUT2D eigenvalue weighted by Crippen LogP contribution is 2.17. The molecule has 1 atom stereocenters. The Morgan fingerprint density at radius 2 is 2.38 bits per heavy atom. The van der Waals surface area contributed by atoms with Gasteiger partial charge in [0.05, 0.1) is 0 Å². The number of nitrogens with zero attached hydrogens (tertiary/aromatic N) is 2. The molecule has 84 valence electrons. The van der Waals surface area contributed by atoms with E-state index in [1.54, 1.807) is 12.1 Å². The lowest BCUT2D eigenvalue weighted by atomic mass is 10.3. The average Bonchev–Trinajstić information content (AvgIpc) is 2.77. The number of H-pyrrole nitrogens is 1. The lowest BCUT2D eigenvalue weighted by Crippen LogP contribution is -2.03. The monoisotopic (exact) mass is 221 g/mol. The van der Waals surface area contributed by atoms with E-state index in [4.69, 9.17) is 4.52 Å². The lowest BCUT2D eigenvalue weighted by Gasteiger charge is -1.98. The van der Waals surface area contributed by atoms with Crippen molar-refractivity contribution in [2.45, 2.75) is 19.4 Å². The summed E-state index contributed by atoms with van der Waals surface area (Å²) in [5, 5.41) is 13.1. The van der Waals surface area contributed by atoms with E-state index in [-0.39, 0.29) is 17.3 Å². The number of aromatic amines is 1. The van der Waals surface area contributed by atoms with E-state index < -0.39 is 6.10 Å². The fraction of sp³-hybridized carbons (Fsp3) is 0.300. The van der Waals surface area contributed by atoms with Crippen LogP contribution in [0.25, 0.3) is 11.6 Å². The molecule has 0 bridgehead atoms. The summed E-state index contributed by atoms with van der Waals surface area (Å²) in [5.74, 6) is 0.419. The number of aromatic nitrogens is 3. The Labute approximate surface area is 90.9 Å². The number of aliphatic hydroxyl groups is 1. The SMILES string of the molecule is CCC(O)c1noc(-c2cccc(=O)[nH]2)n1. The molecule has 6 heteroatoms. The van der Waals surface area contributed by atoms with Crippen LogP contribution in [0.1, 0.15) is 25.3 Å². The standard InChI is InChI=1S/C10H11N3O3/c1-2-7(14)9-12-10(16-13-9)6-4-3-5-8(15)11-6/h3-5,7,14H,2H2,1H3,(H,11,15). The van der Waals surface area contributed by atoms with Crippen LogP contribution in [-0.4, -0.2) is 20.2 Å². The van der Waals surface area contributed by atoms with E-state index in [0.717, 1.165) is 0 Å². The first-order valence-electron chi connectivity index (χ1n) is 4.92. The van der Waals surface area contributed by atoms with Gasteiger partial charge >= 0.3 is 0 Å². The van der Waals surface area contributed by atoms with Gasteiger partial charge in [0, 0.05) is 6.07 Å². The van der Waals surface area contributed by atoms with Crippen LogP contribution in [0.2, 0.25) is 0 Å². The van der Waals surface area contributed by atoms with E-state index in [1.807, 2.05) is 6.92 Å². The first kappa shape index (κ1) is 10.6. The van der Waals surface area contributed by atoms with Crippen molar-refractivity contribution in [2.75, 3.05) is 0 Å². The Kier molecular flexibility index (Phi) is 2.82. The zero-order chi connectivity index (χ0) is 11.5. The van der Waals surface area contributed by atoms with Gasteiger partial charge in [-0.05, 0) is 12.5 Å². The van der Waals surface area contributed by atoms with E-state index in [2.05, 4.69) is 15.1 Å². The fourth-order valence-electron chi connectivity index (χ4n) is 1.23. The minimum absolute atomic E-state index is 0.195. The number of nitrogens with one attached hydrogen (secondary N) is 1. The second kappa shape index (κ2) is 4.28. The van der Waals surface area contributed by atoms with Gasteiger partial charge in [-0.2, -0.15) is 4.98 Å². The third-order valence-corrected chi connectivity index (χ3v) is 2.13. The first-order valence-corrected chi connectivity index (χ1v) is 4.92. The van der Waals surface area contributed by atoms with Crippen molar-refractivity contribution in [1.82, 2.24) is 15.1 Å². The van der Waals surface area contributed by atoms with Crippen molar-refractivity contribution < 1.29 is 9.63 Å². The predicted molar refractivity (Wildman–Crippen MR) is 55.6 cm³/mol. The molecule has 0 aliphatic rings. The number of aliphatic hydroxyl groups excluding tert-OH is 1. The molecule has 2 heterocycles. The van der Waals surface area contributed by atoms with Gasteiger partial charge in [-0.1, -0.05) is 18.1 Å². The lowest BCUT2D eigenvalue weighted by molar-refractivity contribution is 0.159. The molecule has 0 saturated carbocycles. The topological polar surface area (TPSA) is 92.0 Å². The van der Waals surface area contributed by atoms with Crippen LogP contribution in [0, 0.1) is 0 Å². The van der Waals surface area contributed by atoms with Crippen molar-refractivity contribution in [3.05, 3.63) is 34.4 Å². The zero-order valence-corrected chi connectivity index (χ0v) is 8.67. The molecule has 0 aromatic carbocycles. The average molecular weight is 221 g/mol. The Balaban J connectivity index is 2.35. The molecule has 2 N–H and O–H groups in total. The third kappa shape index (κ3) is 2.01. The van der Waals surface area contributed by atoms with E-state index in [9.17, 15) is 9.90 Å². The van der Waals surface area contributed by atoms with Gasteiger partial charge in [0.15, 0.2) is 0 Å². The molecule has 0 radical (unpaired) electrons. The molecular weight excluding hydrogens is 210 g/mol. The van der Waals surface area contributed by atoms with Gasteiger partial charge in [0.1, 0.15) is 11.8 Å². The van der Waals surface area contributed by atoms with Crippen LogP contribution >= 0.6 is 0 Å². The minimum Gasteiger partial charge on any atom is -0.385 e. The van der Waals surface area contributed by atoms with Crippen LogP contribution in [-0.2, 0) is 0 Å². The number of pyridine rings is 1. The van der Waals surface area contributed by atoms with Crippen molar-refractivity contribution in [1.29, 1.82) is 0 Å². The summed E-state index contributed by atoms with van der Waals surface area (Å²) in [4.78, 5) is 17.6. The predicted octanol–water partition coefficient (Wildman–Crippen LogP) is 0.868. The second-order valence-electron chi connectivity index (χ2n) is 3.31. The second-order valence-corrected chi connectivity index (χ2v) is 3.31. The summed E-state index contributed by atoms with van der Waals surface area (Å²) in [6.07, 6.45) is -0.238. The summed E-state index contributed by atoms with van der Waals surface area (Å²) < 4.78 is 4.94. The van der Waals surface area contributed by atoms with Crippen LogP contribution in [0.5, 0.6) is 0 Å². The maximum absolute atomic E-state index is 11.1. The normalized spacial score (nSPS) is 12.6. The Morgan fingerprint density at radius 3 is 3.06 bits per heavy atom. The highest BCUT2D eigenvalue weighted by molar-refractivity contribution is 5.45. The number of rotatable bonds is 3. The van der Waals surface area contributed by atoms with Gasteiger partial charge in [0.2, 0.25) is 11.4 Å². The molecule has 6 nitrogen and oxygen atoms in total. The molecular formula is C10H11N3O3. The summed E-state index contributed by atoms with van der Waals surface area (Å²) in [5.41, 5.74) is 0.197. The van der Waals surface area contributed by atoms with Crippen LogP contribution in [0.3, 0.4) is 0 Å². The van der Waals surface area contributed by atoms with Crippen LogP contribution in [0.4, 0.5) is 0 Å². The van der Waals surface area contributed by atoms with Crippen molar-refractivity contribution in [3.63, 3.8) is 0 Å². The van der Waals surface area contributed by atoms with Gasteiger partial charge in [-0.3, -0.25) is 4.79 Å². The third-order valence-electron chi connectivity index (χ3n) is 2.13. The van der Waals surface area contributed by atoms with E-state index >= 15 is 0 Å². The maximum Gasteiger partial charge on any atom is 0.274 e. The summed E-state index contributed by atoms with van der Waals surface area (Å²) in [7, 11) is 0. The molecule has 0 saturated heterocycles. The van der Waals surface area contributed by atoms with Crippen LogP contribution in [0.15, 0.2) is 27.5 Å². The smallest absolute Gasteiger partial charge is 0.274 e. The summed E-state index contributed by atoms with van der Waals surface area (Å²) in [6.45, 7) is 1.81. The maximum atomic E-state index is 11.1. The van der Waals surface area contributed by atoms with E-state index in [1.165, 1.54) is 6.07 Å². The number of hydrogen-bond donors (Lipinski definition) is 2. The molecule has 0 spiro atoms. The van der Waals surface area contributed by atoms with E-state index in [0.29, 0.717) is 12.1 Å². The molecule has 1 unspecified atom stereocenters. The summed E-state index contributed by atoms with van der Waals surface area (Å²) in [6, 6.07) is 4.63. The number of hydrogen-bond acceptors (Lipinski definition) is 5. The highest BCUT2D eigenvalue weighted by atomic mass is 16.5. The van der Waals surface area contributed by atoms with Gasteiger partial charge < -0.3 is 14.6 Å². The van der Waals surface area contributed by atoms with Gasteiger partial charge in [-0.25, -0.2) is 0 Å². The molecule has 2 aromatic rings.